The summed E-state index contributed by atoms with van der Waals surface area (Å²) in [5.74, 6) is -1.18. The molecule has 0 aliphatic carbocycles. The molecule has 1 heterocycles. The molecular formula is C13H16BrNO5S. The SMILES string of the molecule is CC1CN(S(=O)(=O)c2ccc(Br)c(C(=O)O)c2)C(C)CO1. The molecule has 0 amide bonds. The molecule has 1 fully saturated rings. The molecule has 2 atom stereocenters. The first-order valence-corrected chi connectivity index (χ1v) is 8.63. The van der Waals surface area contributed by atoms with Gasteiger partial charge in [-0.1, -0.05) is 0 Å². The van der Waals surface area contributed by atoms with Crippen molar-refractivity contribution in [3.63, 3.8) is 0 Å². The quantitative estimate of drug-likeness (QED) is 0.869. The first kappa shape index (κ1) is 16.4. The van der Waals surface area contributed by atoms with Gasteiger partial charge in [0, 0.05) is 17.1 Å². The third-order valence-corrected chi connectivity index (χ3v) is 5.99. The van der Waals surface area contributed by atoms with Crippen LogP contribution in [0.3, 0.4) is 0 Å². The van der Waals surface area contributed by atoms with E-state index in [1.54, 1.807) is 13.8 Å². The largest absolute Gasteiger partial charge is 0.478 e. The van der Waals surface area contributed by atoms with Crippen molar-refractivity contribution in [2.24, 2.45) is 0 Å². The molecule has 0 bridgehead atoms. The van der Waals surface area contributed by atoms with Gasteiger partial charge in [-0.3, -0.25) is 0 Å². The van der Waals surface area contributed by atoms with Crippen LogP contribution < -0.4 is 0 Å². The molecule has 1 aromatic carbocycles. The van der Waals surface area contributed by atoms with E-state index in [4.69, 9.17) is 9.84 Å². The maximum Gasteiger partial charge on any atom is 0.336 e. The van der Waals surface area contributed by atoms with E-state index in [0.29, 0.717) is 11.1 Å². The molecule has 0 radical (unpaired) electrons. The minimum Gasteiger partial charge on any atom is -0.478 e. The highest BCUT2D eigenvalue weighted by Gasteiger charge is 2.34. The molecule has 116 valence electrons. The zero-order chi connectivity index (χ0) is 15.8. The average Bonchev–Trinajstić information content (AvgIpc) is 2.41. The van der Waals surface area contributed by atoms with Crippen LogP contribution in [0.15, 0.2) is 27.6 Å². The number of aromatic carboxylic acids is 1. The molecule has 1 saturated heterocycles. The van der Waals surface area contributed by atoms with Crippen molar-refractivity contribution in [1.29, 1.82) is 0 Å². The predicted octanol–water partition coefficient (Wildman–Crippen LogP) is 1.95. The number of halogens is 1. The molecule has 8 heteroatoms. The Morgan fingerprint density at radius 1 is 1.43 bits per heavy atom. The van der Waals surface area contributed by atoms with Crippen LogP contribution in [0.2, 0.25) is 0 Å². The molecule has 2 rings (SSSR count). The third kappa shape index (κ3) is 3.28. The van der Waals surface area contributed by atoms with E-state index in [0.717, 1.165) is 0 Å². The Bertz CT molecular complexity index is 661. The average molecular weight is 378 g/mol. The van der Waals surface area contributed by atoms with E-state index in [2.05, 4.69) is 15.9 Å². The van der Waals surface area contributed by atoms with Crippen LogP contribution in [0, 0.1) is 0 Å². The molecule has 1 aliphatic heterocycles. The minimum atomic E-state index is -3.75. The van der Waals surface area contributed by atoms with Gasteiger partial charge < -0.3 is 9.84 Å². The standard InChI is InChI=1S/C13H16BrNO5S/c1-8-7-20-9(2)6-15(8)21(18,19)10-3-4-12(14)11(5-10)13(16)17/h3-5,8-9H,6-7H2,1-2H3,(H,16,17). The van der Waals surface area contributed by atoms with Gasteiger partial charge in [-0.05, 0) is 48.0 Å². The Balaban J connectivity index is 2.44. The highest BCUT2D eigenvalue weighted by Crippen LogP contribution is 2.26. The predicted molar refractivity (Wildman–Crippen MR) is 79.9 cm³/mol. The number of hydrogen-bond acceptors (Lipinski definition) is 4. The van der Waals surface area contributed by atoms with Crippen molar-refractivity contribution < 1.29 is 23.1 Å². The number of morpholine rings is 1. The maximum atomic E-state index is 12.7. The van der Waals surface area contributed by atoms with Gasteiger partial charge in [0.05, 0.1) is 23.2 Å². The summed E-state index contributed by atoms with van der Waals surface area (Å²) in [6, 6.07) is 3.72. The number of carboxylic acid groups (broad SMARTS) is 1. The number of benzene rings is 1. The molecular weight excluding hydrogens is 362 g/mol. The summed E-state index contributed by atoms with van der Waals surface area (Å²) in [6.07, 6.45) is -0.189. The maximum absolute atomic E-state index is 12.7. The van der Waals surface area contributed by atoms with Gasteiger partial charge in [0.1, 0.15) is 0 Å². The fraction of sp³-hybridized carbons (Fsp3) is 0.462. The Morgan fingerprint density at radius 2 is 2.10 bits per heavy atom. The zero-order valence-electron chi connectivity index (χ0n) is 11.6. The van der Waals surface area contributed by atoms with Crippen LogP contribution in [0.4, 0.5) is 0 Å². The number of nitrogens with zero attached hydrogens (tertiary/aromatic N) is 1. The van der Waals surface area contributed by atoms with E-state index in [9.17, 15) is 13.2 Å². The summed E-state index contributed by atoms with van der Waals surface area (Å²) in [7, 11) is -3.75. The van der Waals surface area contributed by atoms with Crippen molar-refractivity contribution >= 4 is 31.9 Å². The first-order valence-electron chi connectivity index (χ1n) is 6.39. The number of hydrogen-bond donors (Lipinski definition) is 1. The molecule has 0 saturated carbocycles. The van der Waals surface area contributed by atoms with Crippen molar-refractivity contribution in [2.45, 2.75) is 30.9 Å². The third-order valence-electron chi connectivity index (χ3n) is 3.33. The monoisotopic (exact) mass is 377 g/mol. The lowest BCUT2D eigenvalue weighted by Crippen LogP contribution is -2.50. The Kier molecular flexibility index (Phi) is 4.72. The van der Waals surface area contributed by atoms with Crippen LogP contribution in [-0.2, 0) is 14.8 Å². The fourth-order valence-electron chi connectivity index (χ4n) is 2.17. The minimum absolute atomic E-state index is 0.0240. The summed E-state index contributed by atoms with van der Waals surface area (Å²) < 4.78 is 32.5. The lowest BCUT2D eigenvalue weighted by molar-refractivity contribution is -0.0170. The normalized spacial score (nSPS) is 24.0. The van der Waals surface area contributed by atoms with Crippen molar-refractivity contribution in [3.8, 4) is 0 Å². The molecule has 6 nitrogen and oxygen atoms in total. The lowest BCUT2D eigenvalue weighted by atomic mass is 10.2. The summed E-state index contributed by atoms with van der Waals surface area (Å²) in [5, 5.41) is 9.10. The molecule has 21 heavy (non-hydrogen) atoms. The number of carboxylic acids is 1. The van der Waals surface area contributed by atoms with Gasteiger partial charge in [0.25, 0.3) is 0 Å². The van der Waals surface area contributed by atoms with E-state index in [-0.39, 0.29) is 29.1 Å². The van der Waals surface area contributed by atoms with Gasteiger partial charge in [0.2, 0.25) is 10.0 Å². The van der Waals surface area contributed by atoms with Gasteiger partial charge in [-0.2, -0.15) is 4.31 Å². The lowest BCUT2D eigenvalue weighted by Gasteiger charge is -2.35. The van der Waals surface area contributed by atoms with Gasteiger partial charge >= 0.3 is 5.97 Å². The summed E-state index contributed by atoms with van der Waals surface area (Å²) >= 11 is 3.11. The smallest absolute Gasteiger partial charge is 0.336 e. The van der Waals surface area contributed by atoms with E-state index < -0.39 is 16.0 Å². The second-order valence-corrected chi connectivity index (χ2v) is 7.76. The molecule has 1 aliphatic rings. The van der Waals surface area contributed by atoms with Crippen LogP contribution >= 0.6 is 15.9 Å². The van der Waals surface area contributed by atoms with Crippen molar-refractivity contribution in [2.75, 3.05) is 13.2 Å². The summed E-state index contributed by atoms with van der Waals surface area (Å²) in [4.78, 5) is 11.1. The Morgan fingerprint density at radius 3 is 2.71 bits per heavy atom. The van der Waals surface area contributed by atoms with Gasteiger partial charge in [0.15, 0.2) is 0 Å². The van der Waals surface area contributed by atoms with Crippen molar-refractivity contribution in [3.05, 3.63) is 28.2 Å². The summed E-state index contributed by atoms with van der Waals surface area (Å²) in [5.41, 5.74) is -0.0787. The second kappa shape index (κ2) is 6.04. The highest BCUT2D eigenvalue weighted by molar-refractivity contribution is 9.10. The molecule has 0 spiro atoms. The highest BCUT2D eigenvalue weighted by atomic mass is 79.9. The van der Waals surface area contributed by atoms with Crippen molar-refractivity contribution in [1.82, 2.24) is 4.31 Å². The van der Waals surface area contributed by atoms with E-state index in [1.807, 2.05) is 0 Å². The second-order valence-electron chi connectivity index (χ2n) is 5.01. The fourth-order valence-corrected chi connectivity index (χ4v) is 4.31. The van der Waals surface area contributed by atoms with E-state index in [1.165, 1.54) is 22.5 Å². The van der Waals surface area contributed by atoms with Crippen LogP contribution in [0.1, 0.15) is 24.2 Å². The first-order chi connectivity index (χ1) is 9.73. The van der Waals surface area contributed by atoms with Crippen LogP contribution in [0.25, 0.3) is 0 Å². The Hall–Kier alpha value is -0.960. The Labute approximate surface area is 131 Å². The number of sulfonamides is 1. The van der Waals surface area contributed by atoms with E-state index >= 15 is 0 Å². The van der Waals surface area contributed by atoms with Crippen LogP contribution in [-0.4, -0.2) is 49.1 Å². The van der Waals surface area contributed by atoms with Gasteiger partial charge in [-0.25, -0.2) is 13.2 Å². The zero-order valence-corrected chi connectivity index (χ0v) is 14.0. The molecule has 2 unspecified atom stereocenters. The van der Waals surface area contributed by atoms with Gasteiger partial charge in [-0.15, -0.1) is 0 Å². The topological polar surface area (TPSA) is 83.9 Å². The van der Waals surface area contributed by atoms with Crippen LogP contribution in [0.5, 0.6) is 0 Å². The summed E-state index contributed by atoms with van der Waals surface area (Å²) in [6.45, 7) is 4.14. The molecule has 1 aromatic rings. The number of rotatable bonds is 3. The number of carbonyl (C=O) groups is 1. The molecule has 1 N–H and O–H groups in total. The molecule has 0 aromatic heterocycles. The number of ether oxygens (including phenoxy) is 1.